The molecule has 1 aliphatic heterocycles. The minimum Gasteiger partial charge on any atom is -0.493 e. The van der Waals surface area contributed by atoms with Crippen LogP contribution in [0.15, 0.2) is 65.5 Å². The molecule has 0 aliphatic carbocycles. The third kappa shape index (κ3) is 5.68. The number of carbonyl (C=O) groups is 1. The van der Waals surface area contributed by atoms with Crippen LogP contribution < -0.4 is 4.74 Å². The van der Waals surface area contributed by atoms with E-state index >= 15 is 0 Å². The highest BCUT2D eigenvalue weighted by Gasteiger charge is 2.24. The first-order valence-corrected chi connectivity index (χ1v) is 11.3. The number of hydrogen-bond acceptors (Lipinski definition) is 5. The van der Waals surface area contributed by atoms with Gasteiger partial charge >= 0.3 is 0 Å². The van der Waals surface area contributed by atoms with Crippen LogP contribution in [-0.2, 0) is 17.7 Å². The van der Waals surface area contributed by atoms with Gasteiger partial charge < -0.3 is 14.4 Å². The number of carbonyl (C=O) groups excluding carboxylic acids is 1. The molecule has 5 nitrogen and oxygen atoms in total. The lowest BCUT2D eigenvalue weighted by atomic mass is 10.1. The summed E-state index contributed by atoms with van der Waals surface area (Å²) in [6, 6.07) is 15.5. The number of ether oxygens (including phenoxy) is 2. The van der Waals surface area contributed by atoms with Gasteiger partial charge in [0.05, 0.1) is 12.7 Å². The van der Waals surface area contributed by atoms with Gasteiger partial charge in [-0.3, -0.25) is 9.78 Å². The maximum absolute atomic E-state index is 13.1. The minimum absolute atomic E-state index is 0.0742. The third-order valence-corrected chi connectivity index (χ3v) is 5.86. The summed E-state index contributed by atoms with van der Waals surface area (Å²) < 4.78 is 11.7. The Morgan fingerprint density at radius 2 is 2.17 bits per heavy atom. The van der Waals surface area contributed by atoms with Crippen molar-refractivity contribution in [1.29, 1.82) is 0 Å². The summed E-state index contributed by atoms with van der Waals surface area (Å²) in [5.74, 6) is 0.750. The van der Waals surface area contributed by atoms with Gasteiger partial charge in [0.15, 0.2) is 0 Å². The van der Waals surface area contributed by atoms with Gasteiger partial charge in [0, 0.05) is 32.3 Å². The van der Waals surface area contributed by atoms with Crippen LogP contribution in [0, 0.1) is 0 Å². The Kier molecular flexibility index (Phi) is 7.11. The minimum atomic E-state index is -0.0742. The smallest absolute Gasteiger partial charge is 0.272 e. The molecule has 0 radical (unpaired) electrons. The van der Waals surface area contributed by atoms with Crippen LogP contribution in [0.4, 0.5) is 0 Å². The monoisotopic (exact) mass is 422 g/mol. The van der Waals surface area contributed by atoms with Crippen LogP contribution in [0.1, 0.15) is 34.5 Å². The zero-order valence-corrected chi connectivity index (χ0v) is 17.7. The molecular weight excluding hydrogens is 396 g/mol. The fourth-order valence-electron chi connectivity index (χ4n) is 3.58. The number of nitrogens with zero attached hydrogens (tertiary/aromatic N) is 2. The molecule has 1 saturated heterocycles. The van der Waals surface area contributed by atoms with Crippen molar-refractivity contribution in [3.8, 4) is 5.75 Å². The Morgan fingerprint density at radius 3 is 2.93 bits per heavy atom. The van der Waals surface area contributed by atoms with E-state index in [9.17, 15) is 4.79 Å². The SMILES string of the molecule is O=C(c1ccccn1)N(Cc1cccc(OCCc2ccsc2)c1)C[C@H]1CCCO1. The second kappa shape index (κ2) is 10.4. The Labute approximate surface area is 181 Å². The summed E-state index contributed by atoms with van der Waals surface area (Å²) in [4.78, 5) is 19.2. The van der Waals surface area contributed by atoms with E-state index < -0.39 is 0 Å². The van der Waals surface area contributed by atoms with E-state index in [2.05, 4.69) is 21.8 Å². The van der Waals surface area contributed by atoms with Crippen LogP contribution >= 0.6 is 11.3 Å². The van der Waals surface area contributed by atoms with E-state index in [1.165, 1.54) is 5.56 Å². The predicted octanol–water partition coefficient (Wildman–Crippen LogP) is 4.59. The Morgan fingerprint density at radius 1 is 1.20 bits per heavy atom. The Bertz CT molecular complexity index is 925. The summed E-state index contributed by atoms with van der Waals surface area (Å²) in [6.07, 6.45) is 4.65. The first-order valence-electron chi connectivity index (χ1n) is 10.3. The quantitative estimate of drug-likeness (QED) is 0.506. The standard InChI is InChI=1S/C24H26N2O3S/c27-24(23-8-1-2-11-25-23)26(17-22-7-4-12-28-22)16-20-5-3-6-21(15-20)29-13-9-19-10-14-30-18-19/h1-3,5-6,8,10-11,14-15,18,22H,4,7,9,12-13,16-17H2/t22-/m1/s1. The molecule has 0 saturated carbocycles. The molecule has 156 valence electrons. The van der Waals surface area contributed by atoms with Crippen LogP contribution in [0.3, 0.4) is 0 Å². The zero-order valence-electron chi connectivity index (χ0n) is 16.9. The van der Waals surface area contributed by atoms with Crippen molar-refractivity contribution in [2.75, 3.05) is 19.8 Å². The summed E-state index contributed by atoms with van der Waals surface area (Å²) in [5.41, 5.74) is 2.78. The molecule has 1 aromatic carbocycles. The summed E-state index contributed by atoms with van der Waals surface area (Å²) in [6.45, 7) is 2.46. The van der Waals surface area contributed by atoms with E-state index in [1.807, 2.05) is 41.3 Å². The van der Waals surface area contributed by atoms with Gasteiger partial charge in [-0.05, 0) is 65.1 Å². The molecule has 0 N–H and O–H groups in total. The van der Waals surface area contributed by atoms with Gasteiger partial charge in [0.1, 0.15) is 11.4 Å². The van der Waals surface area contributed by atoms with Crippen LogP contribution in [-0.4, -0.2) is 41.7 Å². The highest BCUT2D eigenvalue weighted by atomic mass is 32.1. The molecule has 1 aliphatic rings. The molecule has 0 unspecified atom stereocenters. The topological polar surface area (TPSA) is 51.7 Å². The lowest BCUT2D eigenvalue weighted by Gasteiger charge is -2.25. The largest absolute Gasteiger partial charge is 0.493 e. The first kappa shape index (κ1) is 20.6. The summed E-state index contributed by atoms with van der Waals surface area (Å²) >= 11 is 1.70. The van der Waals surface area contributed by atoms with Crippen molar-refractivity contribution in [2.24, 2.45) is 0 Å². The van der Waals surface area contributed by atoms with Gasteiger partial charge in [-0.25, -0.2) is 0 Å². The molecule has 4 rings (SSSR count). The predicted molar refractivity (Wildman–Crippen MR) is 118 cm³/mol. The highest BCUT2D eigenvalue weighted by Crippen LogP contribution is 2.20. The first-order chi connectivity index (χ1) is 14.8. The van der Waals surface area contributed by atoms with Crippen molar-refractivity contribution in [2.45, 2.75) is 31.9 Å². The van der Waals surface area contributed by atoms with Gasteiger partial charge in [0.2, 0.25) is 0 Å². The average molecular weight is 423 g/mol. The Hall–Kier alpha value is -2.70. The average Bonchev–Trinajstić information content (AvgIpc) is 3.48. The van der Waals surface area contributed by atoms with E-state index in [1.54, 1.807) is 23.6 Å². The molecule has 30 heavy (non-hydrogen) atoms. The highest BCUT2D eigenvalue weighted by molar-refractivity contribution is 7.07. The normalized spacial score (nSPS) is 15.8. The molecule has 3 aromatic rings. The fourth-order valence-corrected chi connectivity index (χ4v) is 4.28. The van der Waals surface area contributed by atoms with Crippen LogP contribution in [0.25, 0.3) is 0 Å². The number of aromatic nitrogens is 1. The second-order valence-electron chi connectivity index (χ2n) is 7.41. The molecule has 0 bridgehead atoms. The van der Waals surface area contributed by atoms with Crippen molar-refractivity contribution in [3.63, 3.8) is 0 Å². The van der Waals surface area contributed by atoms with Crippen molar-refractivity contribution in [3.05, 3.63) is 82.3 Å². The number of thiophene rings is 1. The van der Waals surface area contributed by atoms with Crippen LogP contribution in [0.2, 0.25) is 0 Å². The molecule has 1 fully saturated rings. The third-order valence-electron chi connectivity index (χ3n) is 5.13. The lowest BCUT2D eigenvalue weighted by molar-refractivity contribution is 0.0502. The number of pyridine rings is 1. The van der Waals surface area contributed by atoms with Gasteiger partial charge in [-0.2, -0.15) is 11.3 Å². The van der Waals surface area contributed by atoms with E-state index in [0.29, 0.717) is 25.4 Å². The number of amides is 1. The molecule has 0 spiro atoms. The number of hydrogen-bond donors (Lipinski definition) is 0. The number of benzene rings is 1. The maximum Gasteiger partial charge on any atom is 0.272 e. The van der Waals surface area contributed by atoms with Crippen molar-refractivity contribution in [1.82, 2.24) is 9.88 Å². The fraction of sp³-hybridized carbons (Fsp3) is 0.333. The van der Waals surface area contributed by atoms with E-state index in [4.69, 9.17) is 9.47 Å². The molecule has 2 aromatic heterocycles. The Balaban J connectivity index is 1.42. The van der Waals surface area contributed by atoms with E-state index in [0.717, 1.165) is 37.2 Å². The molecule has 1 amide bonds. The molecule has 1 atom stereocenters. The van der Waals surface area contributed by atoms with Crippen molar-refractivity contribution >= 4 is 17.2 Å². The lowest BCUT2D eigenvalue weighted by Crippen LogP contribution is -2.37. The number of rotatable bonds is 9. The zero-order chi connectivity index (χ0) is 20.6. The molecular formula is C24H26N2O3S. The van der Waals surface area contributed by atoms with Crippen molar-refractivity contribution < 1.29 is 14.3 Å². The second-order valence-corrected chi connectivity index (χ2v) is 8.19. The summed E-state index contributed by atoms with van der Waals surface area (Å²) in [7, 11) is 0. The molecule has 3 heterocycles. The summed E-state index contributed by atoms with van der Waals surface area (Å²) in [5, 5.41) is 4.23. The van der Waals surface area contributed by atoms with Gasteiger partial charge in [-0.1, -0.05) is 18.2 Å². The maximum atomic E-state index is 13.1. The molecule has 6 heteroatoms. The van der Waals surface area contributed by atoms with E-state index in [-0.39, 0.29) is 12.0 Å². The van der Waals surface area contributed by atoms with Gasteiger partial charge in [0.25, 0.3) is 5.91 Å². The van der Waals surface area contributed by atoms with Crippen LogP contribution in [0.5, 0.6) is 5.75 Å². The van der Waals surface area contributed by atoms with Gasteiger partial charge in [-0.15, -0.1) is 0 Å².